The Bertz CT molecular complexity index is 1010. The summed E-state index contributed by atoms with van der Waals surface area (Å²) in [5, 5.41) is 3.24. The Balaban J connectivity index is 1.98. The van der Waals surface area contributed by atoms with Gasteiger partial charge in [0.1, 0.15) is 18.0 Å². The first kappa shape index (κ1) is 18.7. The number of hydrogen-bond donors (Lipinski definition) is 1. The molecule has 148 valence electrons. The van der Waals surface area contributed by atoms with E-state index in [2.05, 4.69) is 15.3 Å². The Kier molecular flexibility index (Phi) is 4.49. The minimum atomic E-state index is -4.60. The molecule has 3 aromatic rings. The molecule has 1 aliphatic heterocycles. The number of benzene rings is 1. The summed E-state index contributed by atoms with van der Waals surface area (Å²) in [6.45, 7) is 5.07. The summed E-state index contributed by atoms with van der Waals surface area (Å²) in [5.41, 5.74) is -0.464. The zero-order valence-corrected chi connectivity index (χ0v) is 15.3. The molecule has 2 atom stereocenters. The Hall–Kier alpha value is -2.68. The molecule has 1 saturated heterocycles. The van der Waals surface area contributed by atoms with Gasteiger partial charge in [-0.15, -0.1) is 0 Å². The third-order valence-corrected chi connectivity index (χ3v) is 4.99. The molecule has 0 bridgehead atoms. The van der Waals surface area contributed by atoms with Crippen LogP contribution in [-0.2, 0) is 6.18 Å². The van der Waals surface area contributed by atoms with E-state index in [1.165, 1.54) is 29.1 Å². The summed E-state index contributed by atoms with van der Waals surface area (Å²) < 4.78 is 56.6. The molecule has 0 saturated carbocycles. The van der Waals surface area contributed by atoms with Crippen LogP contribution in [0.4, 0.5) is 23.4 Å². The third-order valence-electron chi connectivity index (χ3n) is 4.99. The standard InChI is InChI=1S/C19H19F4N5/c1-11-8-27(12(2)7-24-11)17-16-15(19(21,22)23)9-28(18(16)26-10-25-17)14-5-3-4-13(20)6-14/h3-6,9-12,24H,7-8H2,1-2H3/t11-,12+/m1/s1. The first-order chi connectivity index (χ1) is 13.3. The fraction of sp³-hybridized carbons (Fsp3) is 0.368. The van der Waals surface area contributed by atoms with Gasteiger partial charge in [0, 0.05) is 37.1 Å². The van der Waals surface area contributed by atoms with Crippen LogP contribution in [0.5, 0.6) is 0 Å². The van der Waals surface area contributed by atoms with Crippen LogP contribution < -0.4 is 10.2 Å². The number of fused-ring (bicyclic) bond motifs is 1. The number of aromatic nitrogens is 3. The highest BCUT2D eigenvalue weighted by Gasteiger charge is 2.38. The van der Waals surface area contributed by atoms with Crippen molar-refractivity contribution in [3.8, 4) is 5.69 Å². The van der Waals surface area contributed by atoms with Gasteiger partial charge in [0.25, 0.3) is 0 Å². The van der Waals surface area contributed by atoms with Crippen LogP contribution in [0.3, 0.4) is 0 Å². The number of nitrogens with zero attached hydrogens (tertiary/aromatic N) is 4. The fourth-order valence-electron chi connectivity index (χ4n) is 3.62. The van der Waals surface area contributed by atoms with Crippen molar-refractivity contribution in [1.82, 2.24) is 19.9 Å². The molecular weight excluding hydrogens is 374 g/mol. The van der Waals surface area contributed by atoms with E-state index in [4.69, 9.17) is 0 Å². The Morgan fingerprint density at radius 3 is 2.68 bits per heavy atom. The fourth-order valence-corrected chi connectivity index (χ4v) is 3.62. The van der Waals surface area contributed by atoms with Crippen molar-refractivity contribution in [2.24, 2.45) is 0 Å². The number of piperazine rings is 1. The highest BCUT2D eigenvalue weighted by atomic mass is 19.4. The monoisotopic (exact) mass is 393 g/mol. The number of alkyl halides is 3. The van der Waals surface area contributed by atoms with E-state index in [9.17, 15) is 17.6 Å². The molecule has 1 aromatic carbocycles. The van der Waals surface area contributed by atoms with Crippen LogP contribution in [0.15, 0.2) is 36.8 Å². The maximum absolute atomic E-state index is 13.9. The van der Waals surface area contributed by atoms with Crippen molar-refractivity contribution in [3.63, 3.8) is 0 Å². The first-order valence-corrected chi connectivity index (χ1v) is 8.95. The lowest BCUT2D eigenvalue weighted by molar-refractivity contribution is -0.136. The van der Waals surface area contributed by atoms with E-state index >= 15 is 0 Å². The lowest BCUT2D eigenvalue weighted by Gasteiger charge is -2.38. The predicted molar refractivity (Wildman–Crippen MR) is 98.1 cm³/mol. The zero-order valence-electron chi connectivity index (χ0n) is 15.3. The van der Waals surface area contributed by atoms with Gasteiger partial charge in [0.05, 0.1) is 10.9 Å². The number of anilines is 1. The highest BCUT2D eigenvalue weighted by molar-refractivity contribution is 5.93. The summed E-state index contributed by atoms with van der Waals surface area (Å²) >= 11 is 0. The van der Waals surface area contributed by atoms with Gasteiger partial charge in [-0.25, -0.2) is 14.4 Å². The van der Waals surface area contributed by atoms with Gasteiger partial charge in [0.15, 0.2) is 5.65 Å². The van der Waals surface area contributed by atoms with E-state index < -0.39 is 17.6 Å². The third kappa shape index (κ3) is 3.19. The average molecular weight is 393 g/mol. The van der Waals surface area contributed by atoms with Gasteiger partial charge >= 0.3 is 6.18 Å². The minimum Gasteiger partial charge on any atom is -0.350 e. The SMILES string of the molecule is C[C@@H]1CN(c2ncnc3c2c(C(F)(F)F)cn3-c2cccc(F)c2)[C@@H](C)CN1. The van der Waals surface area contributed by atoms with Gasteiger partial charge in [0.2, 0.25) is 0 Å². The second kappa shape index (κ2) is 6.73. The van der Waals surface area contributed by atoms with Crippen molar-refractivity contribution < 1.29 is 17.6 Å². The van der Waals surface area contributed by atoms with Crippen molar-refractivity contribution >= 4 is 16.9 Å². The van der Waals surface area contributed by atoms with Crippen LogP contribution in [-0.4, -0.2) is 39.7 Å². The van der Waals surface area contributed by atoms with Gasteiger partial charge in [-0.3, -0.25) is 0 Å². The second-order valence-corrected chi connectivity index (χ2v) is 7.10. The molecule has 2 aromatic heterocycles. The molecule has 9 heteroatoms. The number of rotatable bonds is 2. The Morgan fingerprint density at radius 2 is 1.96 bits per heavy atom. The summed E-state index contributed by atoms with van der Waals surface area (Å²) in [6.07, 6.45) is -2.37. The van der Waals surface area contributed by atoms with Crippen LogP contribution in [0.25, 0.3) is 16.7 Å². The van der Waals surface area contributed by atoms with Crippen LogP contribution in [0, 0.1) is 5.82 Å². The predicted octanol–water partition coefficient (Wildman–Crippen LogP) is 3.77. The molecule has 1 N–H and O–H groups in total. The van der Waals surface area contributed by atoms with E-state index in [-0.39, 0.29) is 34.6 Å². The molecule has 0 unspecified atom stereocenters. The van der Waals surface area contributed by atoms with Crippen LogP contribution in [0.2, 0.25) is 0 Å². The van der Waals surface area contributed by atoms with Crippen LogP contribution in [0.1, 0.15) is 19.4 Å². The Labute approximate surface area is 159 Å². The number of nitrogens with one attached hydrogen (secondary N) is 1. The lowest BCUT2D eigenvalue weighted by atomic mass is 10.1. The largest absolute Gasteiger partial charge is 0.418 e. The molecule has 0 radical (unpaired) electrons. The van der Waals surface area contributed by atoms with Crippen molar-refractivity contribution in [3.05, 3.63) is 48.2 Å². The summed E-state index contributed by atoms with van der Waals surface area (Å²) in [7, 11) is 0. The van der Waals surface area contributed by atoms with Crippen molar-refractivity contribution in [1.29, 1.82) is 0 Å². The topological polar surface area (TPSA) is 46.0 Å². The first-order valence-electron chi connectivity index (χ1n) is 8.95. The number of halogens is 4. The molecule has 1 aliphatic rings. The van der Waals surface area contributed by atoms with E-state index in [0.717, 1.165) is 6.20 Å². The van der Waals surface area contributed by atoms with E-state index in [1.54, 1.807) is 6.07 Å². The molecular formula is C19H19F4N5. The van der Waals surface area contributed by atoms with E-state index in [0.29, 0.717) is 13.1 Å². The molecule has 0 amide bonds. The normalized spacial score (nSPS) is 20.7. The molecule has 3 heterocycles. The molecule has 28 heavy (non-hydrogen) atoms. The Morgan fingerprint density at radius 1 is 1.18 bits per heavy atom. The lowest BCUT2D eigenvalue weighted by Crippen LogP contribution is -2.54. The highest BCUT2D eigenvalue weighted by Crippen LogP contribution is 2.40. The molecule has 0 spiro atoms. The van der Waals surface area contributed by atoms with Crippen molar-refractivity contribution in [2.45, 2.75) is 32.1 Å². The quantitative estimate of drug-likeness (QED) is 0.674. The molecule has 1 fully saturated rings. The molecule has 5 nitrogen and oxygen atoms in total. The van der Waals surface area contributed by atoms with Gasteiger partial charge < -0.3 is 14.8 Å². The minimum absolute atomic E-state index is 0.0343. The maximum atomic E-state index is 13.9. The van der Waals surface area contributed by atoms with Gasteiger partial charge in [-0.1, -0.05) is 6.07 Å². The zero-order chi connectivity index (χ0) is 20.1. The number of hydrogen-bond acceptors (Lipinski definition) is 4. The summed E-state index contributed by atoms with van der Waals surface area (Å²) in [4.78, 5) is 10.2. The molecule has 4 rings (SSSR count). The maximum Gasteiger partial charge on any atom is 0.418 e. The van der Waals surface area contributed by atoms with Gasteiger partial charge in [-0.05, 0) is 32.0 Å². The smallest absolute Gasteiger partial charge is 0.350 e. The average Bonchev–Trinajstić information content (AvgIpc) is 3.04. The summed E-state index contributed by atoms with van der Waals surface area (Å²) in [6, 6.07) is 5.49. The summed E-state index contributed by atoms with van der Waals surface area (Å²) in [5.74, 6) is -0.292. The van der Waals surface area contributed by atoms with Crippen LogP contribution >= 0.6 is 0 Å². The molecule has 0 aliphatic carbocycles. The van der Waals surface area contributed by atoms with Crippen molar-refractivity contribution in [2.75, 3.05) is 18.0 Å². The second-order valence-electron chi connectivity index (χ2n) is 7.10. The van der Waals surface area contributed by atoms with E-state index in [1.807, 2.05) is 18.7 Å². The van der Waals surface area contributed by atoms with Gasteiger partial charge in [-0.2, -0.15) is 13.2 Å².